The summed E-state index contributed by atoms with van der Waals surface area (Å²) in [5.74, 6) is 0.784. The van der Waals surface area contributed by atoms with E-state index < -0.39 is 0 Å². The van der Waals surface area contributed by atoms with Crippen LogP contribution in [0.5, 0.6) is 5.75 Å². The molecule has 0 unspecified atom stereocenters. The number of benzene rings is 1. The third-order valence-corrected chi connectivity index (χ3v) is 4.41. The van der Waals surface area contributed by atoms with Crippen molar-refractivity contribution in [3.63, 3.8) is 0 Å². The third kappa shape index (κ3) is 2.82. The maximum Gasteiger partial charge on any atom is 0.261 e. The number of aryl methyl sites for hydroxylation is 3. The predicted molar refractivity (Wildman–Crippen MR) is 101 cm³/mol. The van der Waals surface area contributed by atoms with Crippen LogP contribution in [0.1, 0.15) is 10.4 Å². The first kappa shape index (κ1) is 16.8. The maximum atomic E-state index is 12.5. The highest BCUT2D eigenvalue weighted by Gasteiger charge is 2.19. The standard InChI is InChI=1S/C18H19N7O2/c1-23-9-11(7-19-23)13-5-6-14(27-4)15-16(13)25(3)18(21-15)22-17(26)12-8-20-24(2)10-12/h5-10H,1-4H3,(H,21,22,26). The average molecular weight is 365 g/mol. The van der Waals surface area contributed by atoms with Crippen molar-refractivity contribution in [2.24, 2.45) is 21.1 Å². The summed E-state index contributed by atoms with van der Waals surface area (Å²) in [7, 11) is 7.08. The van der Waals surface area contributed by atoms with Gasteiger partial charge in [-0.15, -0.1) is 0 Å². The van der Waals surface area contributed by atoms with Gasteiger partial charge in [-0.1, -0.05) is 0 Å². The van der Waals surface area contributed by atoms with Gasteiger partial charge in [-0.2, -0.15) is 10.2 Å². The van der Waals surface area contributed by atoms with Crippen molar-refractivity contribution < 1.29 is 9.53 Å². The van der Waals surface area contributed by atoms with Crippen LogP contribution in [0.15, 0.2) is 36.9 Å². The Hall–Kier alpha value is -3.62. The average Bonchev–Trinajstić information content (AvgIpc) is 3.35. The lowest BCUT2D eigenvalue weighted by atomic mass is 10.1. The molecular formula is C18H19N7O2. The number of fused-ring (bicyclic) bond motifs is 1. The molecule has 0 spiro atoms. The minimum atomic E-state index is -0.275. The SMILES string of the molecule is COc1ccc(-c2cnn(C)c2)c2c1nc(NC(=O)c1cnn(C)c1)n2C. The van der Waals surface area contributed by atoms with E-state index in [-0.39, 0.29) is 5.91 Å². The van der Waals surface area contributed by atoms with E-state index in [0.717, 1.165) is 16.6 Å². The molecule has 0 fully saturated rings. The van der Waals surface area contributed by atoms with Crippen LogP contribution in [0.3, 0.4) is 0 Å². The Balaban J connectivity index is 1.83. The molecule has 138 valence electrons. The molecule has 3 heterocycles. The van der Waals surface area contributed by atoms with Crippen molar-refractivity contribution in [2.45, 2.75) is 0 Å². The molecule has 1 aromatic carbocycles. The molecule has 9 heteroatoms. The Bertz CT molecular complexity index is 1150. The maximum absolute atomic E-state index is 12.5. The van der Waals surface area contributed by atoms with Crippen molar-refractivity contribution in [2.75, 3.05) is 12.4 Å². The second-order valence-electron chi connectivity index (χ2n) is 6.27. The fourth-order valence-corrected chi connectivity index (χ4v) is 3.08. The lowest BCUT2D eigenvalue weighted by Crippen LogP contribution is -2.14. The summed E-state index contributed by atoms with van der Waals surface area (Å²) in [5, 5.41) is 11.1. The smallest absolute Gasteiger partial charge is 0.261 e. The summed E-state index contributed by atoms with van der Waals surface area (Å²) in [4.78, 5) is 17.1. The van der Waals surface area contributed by atoms with Crippen molar-refractivity contribution in [3.05, 3.63) is 42.5 Å². The number of amides is 1. The minimum absolute atomic E-state index is 0.275. The molecular weight excluding hydrogens is 346 g/mol. The van der Waals surface area contributed by atoms with E-state index in [9.17, 15) is 4.79 Å². The second-order valence-corrected chi connectivity index (χ2v) is 6.27. The summed E-state index contributed by atoms with van der Waals surface area (Å²) in [5.41, 5.74) is 3.89. The summed E-state index contributed by atoms with van der Waals surface area (Å²) in [6, 6.07) is 3.83. The Kier molecular flexibility index (Phi) is 3.91. The second kappa shape index (κ2) is 6.27. The molecule has 0 aliphatic rings. The number of anilines is 1. The number of aromatic nitrogens is 6. The topological polar surface area (TPSA) is 91.8 Å². The Labute approximate surface area is 155 Å². The monoisotopic (exact) mass is 365 g/mol. The van der Waals surface area contributed by atoms with Gasteiger partial charge in [0.2, 0.25) is 5.95 Å². The minimum Gasteiger partial charge on any atom is -0.494 e. The van der Waals surface area contributed by atoms with E-state index in [0.29, 0.717) is 22.8 Å². The molecule has 0 aliphatic carbocycles. The van der Waals surface area contributed by atoms with E-state index in [1.54, 1.807) is 35.9 Å². The fourth-order valence-electron chi connectivity index (χ4n) is 3.08. The predicted octanol–water partition coefficient (Wildman–Crippen LogP) is 1.97. The molecule has 0 bridgehead atoms. The summed E-state index contributed by atoms with van der Waals surface area (Å²) >= 11 is 0. The van der Waals surface area contributed by atoms with Gasteiger partial charge < -0.3 is 9.30 Å². The van der Waals surface area contributed by atoms with Gasteiger partial charge in [0.15, 0.2) is 0 Å². The van der Waals surface area contributed by atoms with E-state index >= 15 is 0 Å². The first-order valence-corrected chi connectivity index (χ1v) is 8.30. The van der Waals surface area contributed by atoms with E-state index in [1.807, 2.05) is 37.0 Å². The number of rotatable bonds is 4. The molecule has 0 saturated heterocycles. The zero-order valence-corrected chi connectivity index (χ0v) is 15.5. The first-order valence-electron chi connectivity index (χ1n) is 8.30. The Morgan fingerprint density at radius 2 is 1.81 bits per heavy atom. The zero-order valence-electron chi connectivity index (χ0n) is 15.5. The zero-order chi connectivity index (χ0) is 19.1. The number of nitrogens with zero attached hydrogens (tertiary/aromatic N) is 6. The molecule has 1 amide bonds. The van der Waals surface area contributed by atoms with Crippen LogP contribution in [0, 0.1) is 0 Å². The highest BCUT2D eigenvalue weighted by Crippen LogP contribution is 2.35. The van der Waals surface area contributed by atoms with Gasteiger partial charge in [-0.3, -0.25) is 19.5 Å². The summed E-state index contributed by atoms with van der Waals surface area (Å²) in [6.07, 6.45) is 6.89. The Morgan fingerprint density at radius 1 is 1.07 bits per heavy atom. The molecule has 0 radical (unpaired) electrons. The lowest BCUT2D eigenvalue weighted by Gasteiger charge is -2.07. The van der Waals surface area contributed by atoms with Crippen LogP contribution >= 0.6 is 0 Å². The highest BCUT2D eigenvalue weighted by molar-refractivity contribution is 6.05. The number of ether oxygens (including phenoxy) is 1. The first-order chi connectivity index (χ1) is 13.0. The summed E-state index contributed by atoms with van der Waals surface area (Å²) < 4.78 is 10.6. The fraction of sp³-hybridized carbons (Fsp3) is 0.222. The van der Waals surface area contributed by atoms with Crippen LogP contribution in [0.2, 0.25) is 0 Å². The van der Waals surface area contributed by atoms with E-state index in [1.165, 1.54) is 6.20 Å². The van der Waals surface area contributed by atoms with Crippen molar-refractivity contribution in [1.82, 2.24) is 29.1 Å². The van der Waals surface area contributed by atoms with Gasteiger partial charge in [0, 0.05) is 44.7 Å². The largest absolute Gasteiger partial charge is 0.494 e. The van der Waals surface area contributed by atoms with Crippen LogP contribution in [0.25, 0.3) is 22.2 Å². The molecule has 9 nitrogen and oxygen atoms in total. The highest BCUT2D eigenvalue weighted by atomic mass is 16.5. The molecule has 3 aromatic heterocycles. The molecule has 0 atom stereocenters. The quantitative estimate of drug-likeness (QED) is 0.597. The van der Waals surface area contributed by atoms with Crippen LogP contribution in [0.4, 0.5) is 5.95 Å². The van der Waals surface area contributed by atoms with Crippen molar-refractivity contribution in [3.8, 4) is 16.9 Å². The number of hydrogen-bond acceptors (Lipinski definition) is 5. The van der Waals surface area contributed by atoms with Crippen molar-refractivity contribution >= 4 is 22.9 Å². The molecule has 0 aliphatic heterocycles. The molecule has 4 aromatic rings. The van der Waals surface area contributed by atoms with Gasteiger partial charge in [0.25, 0.3) is 5.91 Å². The van der Waals surface area contributed by atoms with E-state index in [4.69, 9.17) is 4.74 Å². The van der Waals surface area contributed by atoms with Gasteiger partial charge in [0.1, 0.15) is 11.3 Å². The number of nitrogens with one attached hydrogen (secondary N) is 1. The van der Waals surface area contributed by atoms with Crippen LogP contribution in [-0.2, 0) is 21.1 Å². The van der Waals surface area contributed by atoms with Crippen molar-refractivity contribution in [1.29, 1.82) is 0 Å². The van der Waals surface area contributed by atoms with Gasteiger partial charge in [0.05, 0.1) is 30.6 Å². The van der Waals surface area contributed by atoms with E-state index in [2.05, 4.69) is 20.5 Å². The number of carbonyl (C=O) groups is 1. The molecule has 27 heavy (non-hydrogen) atoms. The van der Waals surface area contributed by atoms with Gasteiger partial charge in [-0.25, -0.2) is 4.98 Å². The van der Waals surface area contributed by atoms with Gasteiger partial charge in [-0.05, 0) is 12.1 Å². The third-order valence-electron chi connectivity index (χ3n) is 4.41. The number of methoxy groups -OCH3 is 1. The molecule has 1 N–H and O–H groups in total. The normalized spacial score (nSPS) is 11.1. The summed E-state index contributed by atoms with van der Waals surface area (Å²) in [6.45, 7) is 0. The molecule has 0 saturated carbocycles. The van der Waals surface area contributed by atoms with Gasteiger partial charge >= 0.3 is 0 Å². The number of hydrogen-bond donors (Lipinski definition) is 1. The molecule has 4 rings (SSSR count). The number of carbonyl (C=O) groups excluding carboxylic acids is 1. The lowest BCUT2D eigenvalue weighted by molar-refractivity contribution is 0.102. The van der Waals surface area contributed by atoms with Crippen LogP contribution < -0.4 is 10.1 Å². The Morgan fingerprint density at radius 3 is 2.44 bits per heavy atom. The van der Waals surface area contributed by atoms with Crippen LogP contribution in [-0.4, -0.2) is 42.1 Å². The number of imidazole rings is 1.